The molecule has 9 unspecified atom stereocenters. The van der Waals surface area contributed by atoms with Gasteiger partial charge in [-0.25, -0.2) is 0 Å². The molecule has 2 aliphatic heterocycles. The van der Waals surface area contributed by atoms with Crippen molar-refractivity contribution in [3.63, 3.8) is 0 Å². The van der Waals surface area contributed by atoms with Crippen LogP contribution in [0.25, 0.3) is 0 Å². The van der Waals surface area contributed by atoms with Gasteiger partial charge in [0.2, 0.25) is 0 Å². The molecule has 3 aliphatic carbocycles. The van der Waals surface area contributed by atoms with Gasteiger partial charge in [-0.15, -0.1) is 0 Å². The van der Waals surface area contributed by atoms with Gasteiger partial charge in [-0.3, -0.25) is 9.59 Å². The van der Waals surface area contributed by atoms with Crippen molar-refractivity contribution in [2.45, 2.75) is 88.9 Å². The molecular formula is C21H32N2O2. The Balaban J connectivity index is 1.37. The molecule has 0 aromatic carbocycles. The molecule has 2 heterocycles. The number of rotatable bonds is 0. The van der Waals surface area contributed by atoms with Crippen molar-refractivity contribution < 1.29 is 9.59 Å². The lowest BCUT2D eigenvalue weighted by Gasteiger charge is -2.53. The Kier molecular flexibility index (Phi) is 4.05. The lowest BCUT2D eigenvalue weighted by Crippen LogP contribution is -2.67. The van der Waals surface area contributed by atoms with E-state index in [1.165, 1.54) is 19.3 Å². The topological polar surface area (TPSA) is 58.2 Å². The molecule has 2 saturated heterocycles. The van der Waals surface area contributed by atoms with Crippen LogP contribution in [0.15, 0.2) is 0 Å². The minimum absolute atomic E-state index is 0.133. The normalized spacial score (nSPS) is 52.6. The fourth-order valence-corrected chi connectivity index (χ4v) is 6.87. The molecule has 9 atom stereocenters. The summed E-state index contributed by atoms with van der Waals surface area (Å²) in [5, 5.41) is 7.65. The molecule has 0 aromatic heterocycles. The Morgan fingerprint density at radius 3 is 1.92 bits per heavy atom. The Morgan fingerprint density at radius 2 is 1.20 bits per heavy atom. The zero-order valence-electron chi connectivity index (χ0n) is 15.4. The Bertz CT molecular complexity index is 576. The third kappa shape index (κ3) is 2.63. The van der Waals surface area contributed by atoms with Gasteiger partial charge in [-0.2, -0.15) is 0 Å². The molecule has 0 spiro atoms. The molecule has 2 N–H and O–H groups in total. The van der Waals surface area contributed by atoms with Crippen molar-refractivity contribution in [2.24, 2.45) is 29.6 Å². The third-order valence-corrected chi connectivity index (χ3v) is 8.18. The highest BCUT2D eigenvalue weighted by Gasteiger charge is 2.54. The van der Waals surface area contributed by atoms with Crippen LogP contribution in [-0.2, 0) is 9.59 Å². The number of piperidine rings is 2. The highest BCUT2D eigenvalue weighted by molar-refractivity contribution is 5.89. The molecule has 5 aliphatic rings. The first kappa shape index (κ1) is 16.4. The van der Waals surface area contributed by atoms with Crippen molar-refractivity contribution >= 4 is 11.6 Å². The summed E-state index contributed by atoms with van der Waals surface area (Å²) in [4.78, 5) is 26.3. The SMILES string of the molecule is CC1CCC2NC3CC4C(=O)C5CCCCC5NC4CC3C(=O)C2C1. The van der Waals surface area contributed by atoms with Crippen molar-refractivity contribution in [1.29, 1.82) is 0 Å². The monoisotopic (exact) mass is 344 g/mol. The van der Waals surface area contributed by atoms with E-state index in [0.717, 1.165) is 38.5 Å². The number of Topliss-reactive ketones (excluding diaryl/α,β-unsaturated/α-hetero) is 2. The lowest BCUT2D eigenvalue weighted by atomic mass is 9.60. The van der Waals surface area contributed by atoms with E-state index < -0.39 is 0 Å². The summed E-state index contributed by atoms with van der Waals surface area (Å²) in [6, 6.07) is 1.24. The first-order valence-corrected chi connectivity index (χ1v) is 10.7. The third-order valence-electron chi connectivity index (χ3n) is 8.18. The number of hydrogen-bond acceptors (Lipinski definition) is 4. The van der Waals surface area contributed by atoms with Crippen LogP contribution in [0.3, 0.4) is 0 Å². The lowest BCUT2D eigenvalue weighted by molar-refractivity contribution is -0.143. The van der Waals surface area contributed by atoms with Crippen LogP contribution in [0.4, 0.5) is 0 Å². The number of carbonyl (C=O) groups excluding carboxylic acids is 2. The maximum atomic E-state index is 13.2. The van der Waals surface area contributed by atoms with Crippen molar-refractivity contribution in [2.75, 3.05) is 0 Å². The van der Waals surface area contributed by atoms with E-state index in [0.29, 0.717) is 29.6 Å². The van der Waals surface area contributed by atoms with Gasteiger partial charge < -0.3 is 10.6 Å². The molecule has 0 bridgehead atoms. The van der Waals surface area contributed by atoms with Crippen molar-refractivity contribution in [3.05, 3.63) is 0 Å². The molecule has 5 fully saturated rings. The highest BCUT2D eigenvalue weighted by atomic mass is 16.1. The zero-order chi connectivity index (χ0) is 17.1. The first-order valence-electron chi connectivity index (χ1n) is 10.7. The van der Waals surface area contributed by atoms with Crippen LogP contribution in [0.5, 0.6) is 0 Å². The molecule has 4 heteroatoms. The van der Waals surface area contributed by atoms with Gasteiger partial charge in [0.1, 0.15) is 11.6 Å². The van der Waals surface area contributed by atoms with Gasteiger partial charge in [0.05, 0.1) is 0 Å². The van der Waals surface area contributed by atoms with Crippen molar-refractivity contribution in [3.8, 4) is 0 Å². The summed E-state index contributed by atoms with van der Waals surface area (Å²) >= 11 is 0. The summed E-state index contributed by atoms with van der Waals surface area (Å²) in [6.07, 6.45) is 9.85. The van der Waals surface area contributed by atoms with E-state index in [9.17, 15) is 9.59 Å². The molecule has 0 aromatic rings. The average molecular weight is 344 g/mol. The number of fused-ring (bicyclic) bond motifs is 4. The van der Waals surface area contributed by atoms with Gasteiger partial charge in [-0.05, 0) is 50.9 Å². The van der Waals surface area contributed by atoms with E-state index in [2.05, 4.69) is 17.6 Å². The van der Waals surface area contributed by atoms with Gasteiger partial charge in [0.25, 0.3) is 0 Å². The Hall–Kier alpha value is -0.740. The second-order valence-corrected chi connectivity index (χ2v) is 9.66. The summed E-state index contributed by atoms with van der Waals surface area (Å²) in [5.74, 6) is 2.45. The predicted octanol–water partition coefficient (Wildman–Crippen LogP) is 2.46. The molecule has 4 nitrogen and oxygen atoms in total. The van der Waals surface area contributed by atoms with Gasteiger partial charge in [0.15, 0.2) is 0 Å². The molecule has 5 rings (SSSR count). The van der Waals surface area contributed by atoms with E-state index in [-0.39, 0.29) is 35.8 Å². The zero-order valence-corrected chi connectivity index (χ0v) is 15.4. The fraction of sp³-hybridized carbons (Fsp3) is 0.905. The molecule has 3 saturated carbocycles. The van der Waals surface area contributed by atoms with E-state index >= 15 is 0 Å². The largest absolute Gasteiger partial charge is 0.310 e. The minimum atomic E-state index is 0.133. The smallest absolute Gasteiger partial charge is 0.142 e. The van der Waals surface area contributed by atoms with Crippen LogP contribution < -0.4 is 10.6 Å². The van der Waals surface area contributed by atoms with Crippen LogP contribution in [-0.4, -0.2) is 35.7 Å². The molecule has 0 radical (unpaired) electrons. The fourth-order valence-electron chi connectivity index (χ4n) is 6.87. The van der Waals surface area contributed by atoms with Gasteiger partial charge >= 0.3 is 0 Å². The molecular weight excluding hydrogens is 312 g/mol. The summed E-state index contributed by atoms with van der Waals surface area (Å²) in [5.41, 5.74) is 0. The highest BCUT2D eigenvalue weighted by Crippen LogP contribution is 2.44. The summed E-state index contributed by atoms with van der Waals surface area (Å²) in [7, 11) is 0. The van der Waals surface area contributed by atoms with Crippen LogP contribution in [0.1, 0.15) is 64.7 Å². The Labute approximate surface area is 150 Å². The van der Waals surface area contributed by atoms with E-state index in [1.807, 2.05) is 0 Å². The molecule has 25 heavy (non-hydrogen) atoms. The number of carbonyl (C=O) groups is 2. The van der Waals surface area contributed by atoms with Gasteiger partial charge in [-0.1, -0.05) is 19.8 Å². The average Bonchev–Trinajstić information content (AvgIpc) is 2.62. The molecule has 0 amide bonds. The van der Waals surface area contributed by atoms with E-state index in [4.69, 9.17) is 0 Å². The number of ketones is 2. The van der Waals surface area contributed by atoms with Crippen LogP contribution in [0, 0.1) is 29.6 Å². The van der Waals surface area contributed by atoms with E-state index in [1.54, 1.807) is 0 Å². The standard InChI is InChI=1S/C21H32N2O2/c1-11-6-7-17-13(8-11)21(25)15-10-18-14(9-19(15)23-17)20(24)12-4-2-3-5-16(12)22-18/h11-19,22-23H,2-10H2,1H3. The second kappa shape index (κ2) is 6.16. The Morgan fingerprint density at radius 1 is 0.640 bits per heavy atom. The summed E-state index contributed by atoms with van der Waals surface area (Å²) in [6.45, 7) is 2.29. The number of hydrogen-bond donors (Lipinski definition) is 2. The molecule has 138 valence electrons. The van der Waals surface area contributed by atoms with Gasteiger partial charge in [0, 0.05) is 47.8 Å². The van der Waals surface area contributed by atoms with Crippen molar-refractivity contribution in [1.82, 2.24) is 10.6 Å². The number of nitrogens with one attached hydrogen (secondary N) is 2. The first-order chi connectivity index (χ1) is 12.1. The predicted molar refractivity (Wildman–Crippen MR) is 96.1 cm³/mol. The van der Waals surface area contributed by atoms with Crippen LogP contribution in [0.2, 0.25) is 0 Å². The maximum absolute atomic E-state index is 13.2. The summed E-state index contributed by atoms with van der Waals surface area (Å²) < 4.78 is 0. The second-order valence-electron chi connectivity index (χ2n) is 9.66. The minimum Gasteiger partial charge on any atom is -0.310 e. The maximum Gasteiger partial charge on any atom is 0.142 e. The quantitative estimate of drug-likeness (QED) is 0.709. The van der Waals surface area contributed by atoms with Crippen LogP contribution >= 0.6 is 0 Å².